The molecule has 17 heavy (non-hydrogen) atoms. The lowest BCUT2D eigenvalue weighted by atomic mass is 9.79. The molecule has 2 N–H and O–H groups in total. The lowest BCUT2D eigenvalue weighted by Crippen LogP contribution is -2.34. The summed E-state index contributed by atoms with van der Waals surface area (Å²) in [6.45, 7) is 6.40. The van der Waals surface area contributed by atoms with E-state index in [0.29, 0.717) is 0 Å². The van der Waals surface area contributed by atoms with E-state index in [-0.39, 0.29) is 12.0 Å². The van der Waals surface area contributed by atoms with Crippen LogP contribution in [0.5, 0.6) is 0 Å². The van der Waals surface area contributed by atoms with Gasteiger partial charge in [-0.2, -0.15) is 0 Å². The molecule has 0 fully saturated rings. The van der Waals surface area contributed by atoms with Crippen molar-refractivity contribution in [2.45, 2.75) is 39.7 Å². The molecule has 1 aromatic heterocycles. The molecule has 96 valence electrons. The number of nitrogens with zero attached hydrogens (tertiary/aromatic N) is 1. The number of hydrogen-bond donors (Lipinski definition) is 2. The van der Waals surface area contributed by atoms with Crippen molar-refractivity contribution in [2.75, 3.05) is 13.2 Å². The van der Waals surface area contributed by atoms with Crippen molar-refractivity contribution in [3.63, 3.8) is 0 Å². The highest BCUT2D eigenvalue weighted by Crippen LogP contribution is 2.29. The molecule has 0 spiro atoms. The van der Waals surface area contributed by atoms with Crippen molar-refractivity contribution in [2.24, 2.45) is 5.41 Å². The molecule has 0 saturated heterocycles. The maximum absolute atomic E-state index is 9.14. The van der Waals surface area contributed by atoms with Crippen LogP contribution < -0.4 is 5.32 Å². The molecular weight excluding hydrogens is 212 g/mol. The fourth-order valence-electron chi connectivity index (χ4n) is 2.14. The molecule has 0 aromatic carbocycles. The summed E-state index contributed by atoms with van der Waals surface area (Å²) in [6.07, 6.45) is 4.88. The van der Waals surface area contributed by atoms with Crippen molar-refractivity contribution in [3.8, 4) is 0 Å². The number of aromatic nitrogens is 1. The highest BCUT2D eigenvalue weighted by molar-refractivity contribution is 5.03. The second kappa shape index (κ2) is 7.41. The molecule has 0 bridgehead atoms. The molecule has 0 aliphatic rings. The van der Waals surface area contributed by atoms with Crippen LogP contribution in [0.4, 0.5) is 0 Å². The second-order valence-electron chi connectivity index (χ2n) is 4.61. The predicted molar refractivity (Wildman–Crippen MR) is 70.7 cm³/mol. The summed E-state index contributed by atoms with van der Waals surface area (Å²) in [6, 6.07) is 5.96. The molecule has 1 heterocycles. The van der Waals surface area contributed by atoms with E-state index < -0.39 is 0 Å². The third-order valence-corrected chi connectivity index (χ3v) is 3.67. The monoisotopic (exact) mass is 236 g/mol. The third-order valence-electron chi connectivity index (χ3n) is 3.67. The Morgan fingerprint density at radius 3 is 2.59 bits per heavy atom. The molecule has 0 atom stereocenters. The van der Waals surface area contributed by atoms with E-state index in [4.69, 9.17) is 5.11 Å². The average Bonchev–Trinajstić information content (AvgIpc) is 2.39. The Morgan fingerprint density at radius 1 is 1.29 bits per heavy atom. The summed E-state index contributed by atoms with van der Waals surface area (Å²) in [4.78, 5) is 4.28. The van der Waals surface area contributed by atoms with Crippen molar-refractivity contribution >= 4 is 0 Å². The van der Waals surface area contributed by atoms with Crippen molar-refractivity contribution in [1.29, 1.82) is 0 Å². The third kappa shape index (κ3) is 4.44. The van der Waals surface area contributed by atoms with Gasteiger partial charge >= 0.3 is 0 Å². The Labute approximate surface area is 104 Å². The van der Waals surface area contributed by atoms with Crippen molar-refractivity contribution < 1.29 is 5.11 Å². The predicted octanol–water partition coefficient (Wildman–Crippen LogP) is 2.36. The smallest absolute Gasteiger partial charge is 0.0541 e. The van der Waals surface area contributed by atoms with Gasteiger partial charge in [0.25, 0.3) is 0 Å². The highest BCUT2D eigenvalue weighted by atomic mass is 16.3. The van der Waals surface area contributed by atoms with E-state index in [1.807, 2.05) is 24.4 Å². The van der Waals surface area contributed by atoms with E-state index in [2.05, 4.69) is 24.1 Å². The van der Waals surface area contributed by atoms with Gasteiger partial charge in [-0.05, 0) is 36.8 Å². The molecule has 0 aliphatic carbocycles. The maximum Gasteiger partial charge on any atom is 0.0541 e. The van der Waals surface area contributed by atoms with E-state index in [0.717, 1.165) is 38.0 Å². The minimum Gasteiger partial charge on any atom is -0.396 e. The Bertz CT molecular complexity index is 296. The molecule has 1 rings (SSSR count). The average molecular weight is 236 g/mol. The van der Waals surface area contributed by atoms with Crippen LogP contribution in [0.25, 0.3) is 0 Å². The van der Waals surface area contributed by atoms with Gasteiger partial charge in [-0.25, -0.2) is 0 Å². The molecule has 0 radical (unpaired) electrons. The lowest BCUT2D eigenvalue weighted by Gasteiger charge is -2.31. The fourth-order valence-corrected chi connectivity index (χ4v) is 2.14. The standard InChI is InChI=1S/C14H24N2O/c1-3-14(4-2,8-10-17)12-15-11-13-7-5-6-9-16-13/h5-7,9,15,17H,3-4,8,10-12H2,1-2H3. The molecule has 0 unspecified atom stereocenters. The summed E-state index contributed by atoms with van der Waals surface area (Å²) in [5.41, 5.74) is 1.29. The Morgan fingerprint density at radius 2 is 2.06 bits per heavy atom. The molecular formula is C14H24N2O. The lowest BCUT2D eigenvalue weighted by molar-refractivity contribution is 0.163. The zero-order valence-electron chi connectivity index (χ0n) is 10.9. The van der Waals surface area contributed by atoms with Crippen LogP contribution in [0.15, 0.2) is 24.4 Å². The first-order chi connectivity index (χ1) is 8.26. The number of nitrogens with one attached hydrogen (secondary N) is 1. The topological polar surface area (TPSA) is 45.1 Å². The van der Waals surface area contributed by atoms with Crippen LogP contribution in [-0.4, -0.2) is 23.2 Å². The minimum absolute atomic E-state index is 0.226. The summed E-state index contributed by atoms with van der Waals surface area (Å²) in [5, 5.41) is 12.6. The molecule has 3 heteroatoms. The molecule has 3 nitrogen and oxygen atoms in total. The first-order valence-electron chi connectivity index (χ1n) is 6.48. The van der Waals surface area contributed by atoms with Gasteiger partial charge in [0.15, 0.2) is 0 Å². The molecule has 1 aromatic rings. The Hall–Kier alpha value is -0.930. The van der Waals surface area contributed by atoms with Crippen molar-refractivity contribution in [3.05, 3.63) is 30.1 Å². The van der Waals surface area contributed by atoms with Crippen LogP contribution >= 0.6 is 0 Å². The van der Waals surface area contributed by atoms with Crippen LogP contribution in [0, 0.1) is 5.41 Å². The van der Waals surface area contributed by atoms with E-state index in [1.54, 1.807) is 0 Å². The molecule has 0 aliphatic heterocycles. The Kier molecular flexibility index (Phi) is 6.16. The summed E-state index contributed by atoms with van der Waals surface area (Å²) >= 11 is 0. The quantitative estimate of drug-likeness (QED) is 0.728. The van der Waals surface area contributed by atoms with Gasteiger partial charge in [-0.3, -0.25) is 4.98 Å². The Balaban J connectivity index is 2.42. The van der Waals surface area contributed by atoms with Gasteiger partial charge in [0.2, 0.25) is 0 Å². The number of pyridine rings is 1. The second-order valence-corrected chi connectivity index (χ2v) is 4.61. The first-order valence-corrected chi connectivity index (χ1v) is 6.48. The van der Waals surface area contributed by atoms with Crippen LogP contribution in [-0.2, 0) is 6.54 Å². The van der Waals surface area contributed by atoms with E-state index in [9.17, 15) is 0 Å². The van der Waals surface area contributed by atoms with Gasteiger partial charge < -0.3 is 10.4 Å². The van der Waals surface area contributed by atoms with Gasteiger partial charge in [0.1, 0.15) is 0 Å². The minimum atomic E-state index is 0.226. The van der Waals surface area contributed by atoms with Crippen molar-refractivity contribution in [1.82, 2.24) is 10.3 Å². The SMILES string of the molecule is CCC(CC)(CCO)CNCc1ccccn1. The largest absolute Gasteiger partial charge is 0.396 e. The van der Waals surface area contributed by atoms with Gasteiger partial charge in [0.05, 0.1) is 5.69 Å². The zero-order valence-corrected chi connectivity index (χ0v) is 10.9. The van der Waals surface area contributed by atoms with Gasteiger partial charge in [-0.15, -0.1) is 0 Å². The van der Waals surface area contributed by atoms with Crippen LogP contribution in [0.1, 0.15) is 38.8 Å². The van der Waals surface area contributed by atoms with Gasteiger partial charge in [0, 0.05) is 25.9 Å². The normalized spacial score (nSPS) is 11.7. The molecule has 0 amide bonds. The van der Waals surface area contributed by atoms with E-state index in [1.165, 1.54) is 0 Å². The summed E-state index contributed by atoms with van der Waals surface area (Å²) < 4.78 is 0. The highest BCUT2D eigenvalue weighted by Gasteiger charge is 2.24. The number of aliphatic hydroxyl groups is 1. The number of hydrogen-bond acceptors (Lipinski definition) is 3. The number of aliphatic hydroxyl groups excluding tert-OH is 1. The van der Waals surface area contributed by atoms with Gasteiger partial charge in [-0.1, -0.05) is 19.9 Å². The summed E-state index contributed by atoms with van der Waals surface area (Å²) in [7, 11) is 0. The zero-order chi connectivity index (χ0) is 12.6. The fraction of sp³-hybridized carbons (Fsp3) is 0.643. The first kappa shape index (κ1) is 14.1. The molecule has 0 saturated carbocycles. The summed E-state index contributed by atoms with van der Waals surface area (Å²) in [5.74, 6) is 0. The maximum atomic E-state index is 9.14. The number of rotatable bonds is 8. The van der Waals surface area contributed by atoms with Crippen LogP contribution in [0.2, 0.25) is 0 Å². The van der Waals surface area contributed by atoms with E-state index >= 15 is 0 Å². The van der Waals surface area contributed by atoms with Crippen LogP contribution in [0.3, 0.4) is 0 Å².